The SMILES string of the molecule is CCOC(=O)C(C)CNC(=O)C1CCCNC1. The van der Waals surface area contributed by atoms with Gasteiger partial charge in [-0.15, -0.1) is 0 Å². The molecule has 0 aromatic heterocycles. The minimum Gasteiger partial charge on any atom is -0.466 e. The first kappa shape index (κ1) is 14.0. The minimum absolute atomic E-state index is 0.0355. The van der Waals surface area contributed by atoms with Gasteiger partial charge in [0.05, 0.1) is 18.4 Å². The summed E-state index contributed by atoms with van der Waals surface area (Å²) in [5.74, 6) is -0.462. The topological polar surface area (TPSA) is 67.4 Å². The molecule has 2 atom stereocenters. The highest BCUT2D eigenvalue weighted by atomic mass is 16.5. The zero-order valence-electron chi connectivity index (χ0n) is 10.6. The van der Waals surface area contributed by atoms with E-state index in [1.54, 1.807) is 13.8 Å². The van der Waals surface area contributed by atoms with Crippen LogP contribution in [0.15, 0.2) is 0 Å². The zero-order valence-corrected chi connectivity index (χ0v) is 10.6. The van der Waals surface area contributed by atoms with Gasteiger partial charge in [0.15, 0.2) is 0 Å². The van der Waals surface area contributed by atoms with Crippen LogP contribution >= 0.6 is 0 Å². The normalized spacial score (nSPS) is 21.6. The molecule has 0 aromatic carbocycles. The first-order valence-corrected chi connectivity index (χ1v) is 6.30. The number of carbonyl (C=O) groups is 2. The van der Waals surface area contributed by atoms with Crippen molar-refractivity contribution in [3.63, 3.8) is 0 Å². The van der Waals surface area contributed by atoms with E-state index in [-0.39, 0.29) is 23.7 Å². The Bertz CT molecular complexity index is 262. The first-order valence-electron chi connectivity index (χ1n) is 6.30. The van der Waals surface area contributed by atoms with E-state index in [1.807, 2.05) is 0 Å². The van der Waals surface area contributed by atoms with Crippen molar-refractivity contribution in [3.8, 4) is 0 Å². The third kappa shape index (κ3) is 4.73. The number of amides is 1. The molecule has 0 saturated carbocycles. The predicted octanol–water partition coefficient (Wildman–Crippen LogP) is 0.301. The molecule has 0 spiro atoms. The lowest BCUT2D eigenvalue weighted by Gasteiger charge is -2.22. The molecule has 5 nitrogen and oxygen atoms in total. The molecular formula is C12H22N2O3. The number of nitrogens with one attached hydrogen (secondary N) is 2. The van der Waals surface area contributed by atoms with Gasteiger partial charge < -0.3 is 15.4 Å². The van der Waals surface area contributed by atoms with E-state index in [1.165, 1.54) is 0 Å². The van der Waals surface area contributed by atoms with Crippen LogP contribution in [0.5, 0.6) is 0 Å². The molecule has 0 aliphatic carbocycles. The molecule has 1 amide bonds. The average Bonchev–Trinajstić information content (AvgIpc) is 2.36. The summed E-state index contributed by atoms with van der Waals surface area (Å²) in [4.78, 5) is 23.1. The average molecular weight is 242 g/mol. The highest BCUT2D eigenvalue weighted by Gasteiger charge is 2.22. The van der Waals surface area contributed by atoms with Crippen LogP contribution in [0.2, 0.25) is 0 Å². The molecule has 1 fully saturated rings. The quantitative estimate of drug-likeness (QED) is 0.681. The summed E-state index contributed by atoms with van der Waals surface area (Å²) in [5, 5.41) is 6.01. The van der Waals surface area contributed by atoms with Crippen molar-refractivity contribution >= 4 is 11.9 Å². The van der Waals surface area contributed by atoms with Crippen molar-refractivity contribution in [3.05, 3.63) is 0 Å². The second-order valence-electron chi connectivity index (χ2n) is 4.44. The maximum Gasteiger partial charge on any atom is 0.310 e. The largest absolute Gasteiger partial charge is 0.466 e. The zero-order chi connectivity index (χ0) is 12.7. The van der Waals surface area contributed by atoms with Crippen LogP contribution in [-0.4, -0.2) is 38.1 Å². The summed E-state index contributed by atoms with van der Waals surface area (Å²) in [6, 6.07) is 0. The third-order valence-electron chi connectivity index (χ3n) is 2.94. The maximum atomic E-state index is 11.8. The predicted molar refractivity (Wildman–Crippen MR) is 64.4 cm³/mol. The second-order valence-corrected chi connectivity index (χ2v) is 4.44. The Kier molecular flexibility index (Phi) is 5.97. The number of ether oxygens (including phenoxy) is 1. The molecule has 0 aromatic rings. The minimum atomic E-state index is -0.282. The smallest absolute Gasteiger partial charge is 0.310 e. The number of esters is 1. The van der Waals surface area contributed by atoms with E-state index < -0.39 is 0 Å². The van der Waals surface area contributed by atoms with Crippen LogP contribution in [0.4, 0.5) is 0 Å². The van der Waals surface area contributed by atoms with E-state index in [2.05, 4.69) is 10.6 Å². The van der Waals surface area contributed by atoms with Crippen LogP contribution < -0.4 is 10.6 Å². The highest BCUT2D eigenvalue weighted by molar-refractivity contribution is 5.80. The van der Waals surface area contributed by atoms with Crippen LogP contribution in [0.3, 0.4) is 0 Å². The molecule has 1 saturated heterocycles. The van der Waals surface area contributed by atoms with Gasteiger partial charge in [-0.3, -0.25) is 9.59 Å². The van der Waals surface area contributed by atoms with Crippen molar-refractivity contribution in [2.75, 3.05) is 26.2 Å². The van der Waals surface area contributed by atoms with Crippen molar-refractivity contribution in [1.29, 1.82) is 0 Å². The molecule has 0 radical (unpaired) electrons. The van der Waals surface area contributed by atoms with Gasteiger partial charge in [-0.05, 0) is 26.3 Å². The van der Waals surface area contributed by atoms with Crippen LogP contribution in [0, 0.1) is 11.8 Å². The van der Waals surface area contributed by atoms with Crippen molar-refractivity contribution in [1.82, 2.24) is 10.6 Å². The molecule has 1 rings (SSSR count). The fourth-order valence-corrected chi connectivity index (χ4v) is 1.84. The van der Waals surface area contributed by atoms with E-state index in [0.29, 0.717) is 13.2 Å². The summed E-state index contributed by atoms with van der Waals surface area (Å²) in [6.07, 6.45) is 1.96. The Morgan fingerprint density at radius 2 is 2.29 bits per heavy atom. The molecular weight excluding hydrogens is 220 g/mol. The molecule has 0 bridgehead atoms. The lowest BCUT2D eigenvalue weighted by Crippen LogP contribution is -2.42. The lowest BCUT2D eigenvalue weighted by atomic mass is 9.98. The summed E-state index contributed by atoms with van der Waals surface area (Å²) < 4.78 is 4.88. The Balaban J connectivity index is 2.24. The van der Waals surface area contributed by atoms with Gasteiger partial charge in [-0.25, -0.2) is 0 Å². The molecule has 1 aliphatic heterocycles. The van der Waals surface area contributed by atoms with E-state index in [4.69, 9.17) is 4.74 Å². The lowest BCUT2D eigenvalue weighted by molar-refractivity contribution is -0.147. The fraction of sp³-hybridized carbons (Fsp3) is 0.833. The molecule has 5 heteroatoms. The van der Waals surface area contributed by atoms with E-state index in [0.717, 1.165) is 25.9 Å². The number of rotatable bonds is 5. The summed E-state index contributed by atoms with van der Waals surface area (Å²) in [5.41, 5.74) is 0. The van der Waals surface area contributed by atoms with E-state index in [9.17, 15) is 9.59 Å². The molecule has 98 valence electrons. The second kappa shape index (κ2) is 7.27. The fourth-order valence-electron chi connectivity index (χ4n) is 1.84. The molecule has 2 unspecified atom stereocenters. The van der Waals surface area contributed by atoms with E-state index >= 15 is 0 Å². The number of hydrogen-bond acceptors (Lipinski definition) is 4. The van der Waals surface area contributed by atoms with Crippen LogP contribution in [-0.2, 0) is 14.3 Å². The number of carbonyl (C=O) groups excluding carboxylic acids is 2. The monoisotopic (exact) mass is 242 g/mol. The van der Waals surface area contributed by atoms with Crippen molar-refractivity contribution in [2.45, 2.75) is 26.7 Å². The van der Waals surface area contributed by atoms with Gasteiger partial charge in [0.25, 0.3) is 0 Å². The van der Waals surface area contributed by atoms with Crippen molar-refractivity contribution in [2.24, 2.45) is 11.8 Å². The molecule has 1 aliphatic rings. The summed E-state index contributed by atoms with van der Waals surface area (Å²) >= 11 is 0. The Labute approximate surface area is 102 Å². The van der Waals surface area contributed by atoms with Gasteiger partial charge in [0.2, 0.25) is 5.91 Å². The Hall–Kier alpha value is -1.10. The number of hydrogen-bond donors (Lipinski definition) is 2. The number of piperidine rings is 1. The van der Waals surface area contributed by atoms with Gasteiger partial charge >= 0.3 is 5.97 Å². The van der Waals surface area contributed by atoms with Crippen molar-refractivity contribution < 1.29 is 14.3 Å². The van der Waals surface area contributed by atoms with Gasteiger partial charge in [-0.1, -0.05) is 6.92 Å². The maximum absolute atomic E-state index is 11.8. The standard InChI is InChI=1S/C12H22N2O3/c1-3-17-12(16)9(2)7-14-11(15)10-5-4-6-13-8-10/h9-10,13H,3-8H2,1-2H3,(H,14,15). The molecule has 17 heavy (non-hydrogen) atoms. The van der Waals surface area contributed by atoms with Gasteiger partial charge in [-0.2, -0.15) is 0 Å². The first-order chi connectivity index (χ1) is 8.15. The third-order valence-corrected chi connectivity index (χ3v) is 2.94. The Morgan fingerprint density at radius 3 is 2.88 bits per heavy atom. The van der Waals surface area contributed by atoms with Gasteiger partial charge in [0.1, 0.15) is 0 Å². The highest BCUT2D eigenvalue weighted by Crippen LogP contribution is 2.09. The Morgan fingerprint density at radius 1 is 1.53 bits per heavy atom. The van der Waals surface area contributed by atoms with Gasteiger partial charge in [0, 0.05) is 13.1 Å². The summed E-state index contributed by atoms with van der Waals surface area (Å²) in [7, 11) is 0. The summed E-state index contributed by atoms with van der Waals surface area (Å²) in [6.45, 7) is 5.99. The molecule has 1 heterocycles. The molecule has 2 N–H and O–H groups in total. The van der Waals surface area contributed by atoms with Crippen LogP contribution in [0.1, 0.15) is 26.7 Å². The van der Waals surface area contributed by atoms with Crippen LogP contribution in [0.25, 0.3) is 0 Å².